The van der Waals surface area contributed by atoms with E-state index in [0.717, 1.165) is 12.6 Å². The minimum atomic E-state index is -2.96. The maximum absolute atomic E-state index is 14.8. The predicted octanol–water partition coefficient (Wildman–Crippen LogP) is 6.28. The van der Waals surface area contributed by atoms with Crippen LogP contribution < -0.4 is 10.6 Å². The van der Waals surface area contributed by atoms with Gasteiger partial charge in [-0.2, -0.15) is 0 Å². The molecule has 1 fully saturated rings. The quantitative estimate of drug-likeness (QED) is 0.343. The smallest absolute Gasteiger partial charge is 0.258 e. The maximum atomic E-state index is 14.8. The van der Waals surface area contributed by atoms with Gasteiger partial charge in [0.25, 0.3) is 5.92 Å². The van der Waals surface area contributed by atoms with Crippen molar-refractivity contribution in [2.75, 3.05) is 10.6 Å². The number of hydrogen-bond acceptors (Lipinski definition) is 6. The van der Waals surface area contributed by atoms with Gasteiger partial charge < -0.3 is 15.2 Å². The summed E-state index contributed by atoms with van der Waals surface area (Å²) in [6, 6.07) is 5.82. The summed E-state index contributed by atoms with van der Waals surface area (Å²) in [6.07, 6.45) is 9.77. The van der Waals surface area contributed by atoms with Crippen molar-refractivity contribution < 1.29 is 22.5 Å². The molecule has 2 aromatic heterocycles. The van der Waals surface area contributed by atoms with Crippen LogP contribution in [0.15, 0.2) is 65.1 Å². The number of alkyl halides is 2. The van der Waals surface area contributed by atoms with Crippen molar-refractivity contribution >= 4 is 17.7 Å². The van der Waals surface area contributed by atoms with Gasteiger partial charge in [0, 0.05) is 36.6 Å². The van der Waals surface area contributed by atoms with E-state index in [1.54, 1.807) is 18.5 Å². The van der Waals surface area contributed by atoms with E-state index in [2.05, 4.69) is 51.8 Å². The summed E-state index contributed by atoms with van der Waals surface area (Å²) >= 11 is 0. The highest BCUT2D eigenvalue weighted by Gasteiger charge is 2.62. The number of hydrogen-bond donors (Lipinski definition) is 2. The summed E-state index contributed by atoms with van der Waals surface area (Å²) in [5, 5.41) is 9.34. The Morgan fingerprint density at radius 1 is 1.18 bits per heavy atom. The van der Waals surface area contributed by atoms with E-state index in [0.29, 0.717) is 28.9 Å². The zero-order valence-electron chi connectivity index (χ0n) is 21.3. The van der Waals surface area contributed by atoms with Crippen molar-refractivity contribution in [1.29, 1.82) is 0 Å². The molecule has 38 heavy (non-hydrogen) atoms. The maximum Gasteiger partial charge on any atom is 0.258 e. The third-order valence-corrected chi connectivity index (χ3v) is 7.12. The van der Waals surface area contributed by atoms with Crippen LogP contribution in [0.25, 0.3) is 11.1 Å². The topological polar surface area (TPSA) is 92.9 Å². The van der Waals surface area contributed by atoms with E-state index in [9.17, 15) is 18.0 Å². The predicted molar refractivity (Wildman–Crippen MR) is 137 cm³/mol. The Kier molecular flexibility index (Phi) is 6.58. The number of nitrogens with zero attached hydrogens (tertiary/aromatic N) is 3. The minimum Gasteiger partial charge on any atom is -0.358 e. The Balaban J connectivity index is 1.20. The number of benzene rings is 1. The number of aromatic nitrogens is 3. The summed E-state index contributed by atoms with van der Waals surface area (Å²) in [7, 11) is 0. The monoisotopic (exact) mass is 523 g/mol. The van der Waals surface area contributed by atoms with Crippen LogP contribution in [0, 0.1) is 17.7 Å². The second-order valence-corrected chi connectivity index (χ2v) is 10.3. The fraction of sp³-hybridized carbons (Fsp3) is 0.357. The van der Waals surface area contributed by atoms with E-state index >= 15 is 0 Å². The summed E-state index contributed by atoms with van der Waals surface area (Å²) in [6.45, 7) is 5.16. The molecule has 1 amide bonds. The first-order chi connectivity index (χ1) is 18.0. The molecule has 0 radical (unpaired) electrons. The van der Waals surface area contributed by atoms with Crippen LogP contribution >= 0.6 is 0 Å². The molecule has 198 valence electrons. The molecule has 3 aromatic rings. The number of rotatable bonds is 9. The first-order valence-corrected chi connectivity index (χ1v) is 12.5. The average Bonchev–Trinajstić information content (AvgIpc) is 3.34. The standard InChI is InChI=1S/C28H28F3N5O2/c1-16(2)17-6-7-21(10-17)34-26-32-14-20(15-33-26)18-4-5-19(22(29)11-18)12-25(37)35-24-13-23(38-36-24)28(8-9-28)27(3,30)31/h4-7,10-11,13-17H,8-9,12H2,1-3H3,(H,32,33,34)(H,35,36,37). The Hall–Kier alpha value is -3.95. The van der Waals surface area contributed by atoms with Crippen molar-refractivity contribution in [3.8, 4) is 11.1 Å². The molecule has 0 spiro atoms. The van der Waals surface area contributed by atoms with Gasteiger partial charge in [-0.15, -0.1) is 0 Å². The lowest BCUT2D eigenvalue weighted by Crippen LogP contribution is -2.29. The summed E-state index contributed by atoms with van der Waals surface area (Å²) in [5.41, 5.74) is 0.924. The zero-order valence-corrected chi connectivity index (χ0v) is 21.3. The number of halogens is 3. The molecule has 1 aromatic carbocycles. The molecular weight excluding hydrogens is 495 g/mol. The highest BCUT2D eigenvalue weighted by molar-refractivity contribution is 5.91. The van der Waals surface area contributed by atoms with Crippen LogP contribution in [-0.2, 0) is 16.6 Å². The molecule has 1 atom stereocenters. The molecule has 10 heteroatoms. The van der Waals surface area contributed by atoms with Gasteiger partial charge in [0.05, 0.1) is 11.8 Å². The molecule has 0 aliphatic heterocycles. The Labute approximate surface area is 218 Å². The van der Waals surface area contributed by atoms with E-state index in [1.165, 1.54) is 18.2 Å². The van der Waals surface area contributed by atoms with Gasteiger partial charge in [0.2, 0.25) is 11.9 Å². The molecule has 2 aliphatic rings. The SMILES string of the molecule is CC(C)C1C=CC(Nc2ncc(-c3ccc(CC(=O)Nc4cc(C5(C(C)(F)F)CC5)on4)c(F)c3)cn2)=C1. The fourth-order valence-corrected chi connectivity index (χ4v) is 4.52. The fourth-order valence-electron chi connectivity index (χ4n) is 4.52. The molecule has 1 unspecified atom stereocenters. The van der Waals surface area contributed by atoms with Crippen molar-refractivity contribution in [3.05, 3.63) is 77.7 Å². The molecule has 0 bridgehead atoms. The van der Waals surface area contributed by atoms with Crippen molar-refractivity contribution in [2.45, 2.75) is 51.4 Å². The van der Waals surface area contributed by atoms with Gasteiger partial charge in [0.15, 0.2) is 11.6 Å². The third kappa shape index (κ3) is 5.20. The van der Waals surface area contributed by atoms with Crippen LogP contribution in [0.4, 0.5) is 24.9 Å². The van der Waals surface area contributed by atoms with Gasteiger partial charge in [-0.3, -0.25) is 4.79 Å². The summed E-state index contributed by atoms with van der Waals surface area (Å²) in [4.78, 5) is 21.1. The van der Waals surface area contributed by atoms with Crippen LogP contribution in [0.2, 0.25) is 0 Å². The zero-order chi connectivity index (χ0) is 27.1. The molecule has 7 nitrogen and oxygen atoms in total. The van der Waals surface area contributed by atoms with Crippen LogP contribution in [0.1, 0.15) is 44.9 Å². The highest BCUT2D eigenvalue weighted by atomic mass is 19.3. The summed E-state index contributed by atoms with van der Waals surface area (Å²) in [5.74, 6) is -2.69. The van der Waals surface area contributed by atoms with Crippen LogP contribution in [0.3, 0.4) is 0 Å². The Bertz CT molecular complexity index is 1400. The number of nitrogens with one attached hydrogen (secondary N) is 2. The van der Waals surface area contributed by atoms with Gasteiger partial charge >= 0.3 is 0 Å². The first-order valence-electron chi connectivity index (χ1n) is 12.5. The Morgan fingerprint density at radius 2 is 1.92 bits per heavy atom. The largest absolute Gasteiger partial charge is 0.358 e. The van der Waals surface area contributed by atoms with E-state index in [1.807, 2.05) is 6.08 Å². The van der Waals surface area contributed by atoms with Crippen molar-refractivity contribution in [3.63, 3.8) is 0 Å². The number of carbonyl (C=O) groups is 1. The lowest BCUT2D eigenvalue weighted by Gasteiger charge is -2.19. The second-order valence-electron chi connectivity index (χ2n) is 10.3. The van der Waals surface area contributed by atoms with E-state index in [4.69, 9.17) is 4.52 Å². The Morgan fingerprint density at radius 3 is 2.53 bits per heavy atom. The number of anilines is 2. The number of amides is 1. The molecule has 2 aliphatic carbocycles. The lowest BCUT2D eigenvalue weighted by molar-refractivity contribution is -0.115. The third-order valence-electron chi connectivity index (χ3n) is 7.12. The van der Waals surface area contributed by atoms with E-state index in [-0.39, 0.29) is 36.4 Å². The molecule has 1 saturated carbocycles. The molecule has 2 heterocycles. The van der Waals surface area contributed by atoms with Gasteiger partial charge in [-0.05, 0) is 47.9 Å². The normalized spacial score (nSPS) is 18.0. The van der Waals surface area contributed by atoms with Crippen molar-refractivity contribution in [1.82, 2.24) is 15.1 Å². The van der Waals surface area contributed by atoms with E-state index < -0.39 is 23.1 Å². The molecule has 5 rings (SSSR count). The van der Waals surface area contributed by atoms with Gasteiger partial charge in [-0.1, -0.05) is 43.3 Å². The second kappa shape index (κ2) is 9.74. The summed E-state index contributed by atoms with van der Waals surface area (Å²) < 4.78 is 47.7. The van der Waals surface area contributed by atoms with Gasteiger partial charge in [0.1, 0.15) is 5.82 Å². The average molecular weight is 524 g/mol. The molecular formula is C28H28F3N5O2. The van der Waals surface area contributed by atoms with Crippen LogP contribution in [-0.4, -0.2) is 27.0 Å². The number of carbonyl (C=O) groups excluding carboxylic acids is 1. The molecule has 0 saturated heterocycles. The van der Waals surface area contributed by atoms with Crippen molar-refractivity contribution in [2.24, 2.45) is 11.8 Å². The minimum absolute atomic E-state index is 0.0204. The highest BCUT2D eigenvalue weighted by Crippen LogP contribution is 2.58. The lowest BCUT2D eigenvalue weighted by atomic mass is 9.96. The number of allylic oxidation sites excluding steroid dienone is 3. The van der Waals surface area contributed by atoms with Gasteiger partial charge in [-0.25, -0.2) is 23.1 Å². The first kappa shape index (κ1) is 25.7. The molecule has 2 N–H and O–H groups in total. The van der Waals surface area contributed by atoms with Crippen LogP contribution in [0.5, 0.6) is 0 Å².